The Hall–Kier alpha value is -1.62. The highest BCUT2D eigenvalue weighted by Crippen LogP contribution is 2.25. The second-order valence-electron chi connectivity index (χ2n) is 3.93. The SMILES string of the molecule is COc1ccc(N2CC(N)CC2=O)c(C)n1. The number of carbonyl (C=O) groups is 1. The Labute approximate surface area is 94.2 Å². The van der Waals surface area contributed by atoms with Gasteiger partial charge >= 0.3 is 0 Å². The number of pyridine rings is 1. The molecule has 1 aromatic rings. The quantitative estimate of drug-likeness (QED) is 0.788. The Morgan fingerprint density at radius 2 is 2.31 bits per heavy atom. The summed E-state index contributed by atoms with van der Waals surface area (Å²) in [6, 6.07) is 3.52. The number of nitrogens with two attached hydrogens (primary N) is 1. The lowest BCUT2D eigenvalue weighted by atomic mass is 10.3. The Balaban J connectivity index is 2.30. The van der Waals surface area contributed by atoms with Crippen LogP contribution in [-0.2, 0) is 4.79 Å². The number of nitrogens with zero attached hydrogens (tertiary/aromatic N) is 2. The van der Waals surface area contributed by atoms with Crippen molar-refractivity contribution in [3.63, 3.8) is 0 Å². The summed E-state index contributed by atoms with van der Waals surface area (Å²) in [5.41, 5.74) is 7.35. The summed E-state index contributed by atoms with van der Waals surface area (Å²) in [5.74, 6) is 0.611. The Bertz CT molecular complexity index is 420. The first-order chi connectivity index (χ1) is 7.61. The molecule has 1 amide bonds. The molecule has 16 heavy (non-hydrogen) atoms. The van der Waals surface area contributed by atoms with Gasteiger partial charge in [0.15, 0.2) is 0 Å². The van der Waals surface area contributed by atoms with Gasteiger partial charge in [-0.2, -0.15) is 0 Å². The third-order valence-electron chi connectivity index (χ3n) is 2.69. The molecule has 1 unspecified atom stereocenters. The van der Waals surface area contributed by atoms with Crippen LogP contribution >= 0.6 is 0 Å². The van der Waals surface area contributed by atoms with Crippen LogP contribution in [0.4, 0.5) is 5.69 Å². The number of carbonyl (C=O) groups excluding carboxylic acids is 1. The fraction of sp³-hybridized carbons (Fsp3) is 0.455. The van der Waals surface area contributed by atoms with Gasteiger partial charge in [-0.25, -0.2) is 4.98 Å². The maximum Gasteiger partial charge on any atom is 0.228 e. The van der Waals surface area contributed by atoms with Crippen LogP contribution in [0.25, 0.3) is 0 Å². The summed E-state index contributed by atoms with van der Waals surface area (Å²) in [6.45, 7) is 2.42. The minimum atomic E-state index is -0.0750. The van der Waals surface area contributed by atoms with Crippen LogP contribution in [-0.4, -0.2) is 30.6 Å². The van der Waals surface area contributed by atoms with Crippen LogP contribution in [0, 0.1) is 6.92 Å². The van der Waals surface area contributed by atoms with Gasteiger partial charge in [0.05, 0.1) is 18.5 Å². The number of anilines is 1. The zero-order chi connectivity index (χ0) is 11.7. The van der Waals surface area contributed by atoms with Gasteiger partial charge in [-0.15, -0.1) is 0 Å². The number of methoxy groups -OCH3 is 1. The van der Waals surface area contributed by atoms with E-state index >= 15 is 0 Å². The van der Waals surface area contributed by atoms with Gasteiger partial charge in [0.2, 0.25) is 11.8 Å². The molecule has 1 aliphatic rings. The molecule has 1 aromatic heterocycles. The van der Waals surface area contributed by atoms with E-state index in [1.807, 2.05) is 13.0 Å². The van der Waals surface area contributed by atoms with E-state index in [4.69, 9.17) is 10.5 Å². The van der Waals surface area contributed by atoms with E-state index in [-0.39, 0.29) is 11.9 Å². The van der Waals surface area contributed by atoms with Gasteiger partial charge < -0.3 is 15.4 Å². The fourth-order valence-corrected chi connectivity index (χ4v) is 1.90. The van der Waals surface area contributed by atoms with Crippen molar-refractivity contribution in [1.29, 1.82) is 0 Å². The highest BCUT2D eigenvalue weighted by atomic mass is 16.5. The van der Waals surface area contributed by atoms with Gasteiger partial charge in [-0.1, -0.05) is 0 Å². The zero-order valence-corrected chi connectivity index (χ0v) is 9.43. The average Bonchev–Trinajstić information content (AvgIpc) is 2.57. The third kappa shape index (κ3) is 1.86. The van der Waals surface area contributed by atoms with E-state index < -0.39 is 0 Å². The number of hydrogen-bond acceptors (Lipinski definition) is 4. The molecule has 2 N–H and O–H groups in total. The van der Waals surface area contributed by atoms with Crippen LogP contribution < -0.4 is 15.4 Å². The van der Waals surface area contributed by atoms with Crippen molar-refractivity contribution in [3.8, 4) is 5.88 Å². The minimum absolute atomic E-state index is 0.0579. The number of aryl methyl sites for hydroxylation is 1. The Morgan fingerprint density at radius 1 is 1.56 bits per heavy atom. The highest BCUT2D eigenvalue weighted by Gasteiger charge is 2.29. The van der Waals surface area contributed by atoms with Gasteiger partial charge in [0.25, 0.3) is 0 Å². The molecule has 1 atom stereocenters. The number of aromatic nitrogens is 1. The molecule has 1 fully saturated rings. The lowest BCUT2D eigenvalue weighted by molar-refractivity contribution is -0.117. The van der Waals surface area contributed by atoms with Crippen LogP contribution in [0.15, 0.2) is 12.1 Å². The molecular formula is C11H15N3O2. The van der Waals surface area contributed by atoms with Crippen LogP contribution in [0.5, 0.6) is 5.88 Å². The molecule has 0 aliphatic carbocycles. The number of ether oxygens (including phenoxy) is 1. The maximum absolute atomic E-state index is 11.7. The van der Waals surface area contributed by atoms with Crippen molar-refractivity contribution in [2.45, 2.75) is 19.4 Å². The summed E-state index contributed by atoms with van der Waals surface area (Å²) in [5, 5.41) is 0. The molecule has 5 nitrogen and oxygen atoms in total. The van der Waals surface area contributed by atoms with E-state index in [1.165, 1.54) is 0 Å². The first-order valence-electron chi connectivity index (χ1n) is 5.19. The molecule has 1 saturated heterocycles. The van der Waals surface area contributed by atoms with Gasteiger partial charge in [0.1, 0.15) is 0 Å². The maximum atomic E-state index is 11.7. The second-order valence-corrected chi connectivity index (χ2v) is 3.93. The molecule has 5 heteroatoms. The van der Waals surface area contributed by atoms with Gasteiger partial charge in [-0.05, 0) is 13.0 Å². The zero-order valence-electron chi connectivity index (χ0n) is 9.43. The highest BCUT2D eigenvalue weighted by molar-refractivity contribution is 5.96. The van der Waals surface area contributed by atoms with Crippen molar-refractivity contribution in [2.75, 3.05) is 18.6 Å². The number of rotatable bonds is 2. The van der Waals surface area contributed by atoms with Gasteiger partial charge in [-0.3, -0.25) is 4.79 Å². The molecular weight excluding hydrogens is 206 g/mol. The summed E-state index contributed by atoms with van der Waals surface area (Å²) in [7, 11) is 1.57. The van der Waals surface area contributed by atoms with Crippen LogP contribution in [0.1, 0.15) is 12.1 Å². The molecule has 1 aliphatic heterocycles. The monoisotopic (exact) mass is 221 g/mol. The fourth-order valence-electron chi connectivity index (χ4n) is 1.90. The molecule has 86 valence electrons. The van der Waals surface area contributed by atoms with Crippen molar-refractivity contribution in [3.05, 3.63) is 17.8 Å². The Kier molecular flexibility index (Phi) is 2.78. The first kappa shape index (κ1) is 10.9. The largest absolute Gasteiger partial charge is 0.481 e. The van der Waals surface area contributed by atoms with Crippen LogP contribution in [0.3, 0.4) is 0 Å². The lowest BCUT2D eigenvalue weighted by Crippen LogP contribution is -2.28. The first-order valence-corrected chi connectivity index (χ1v) is 5.19. The van der Waals surface area contributed by atoms with E-state index in [2.05, 4.69) is 4.98 Å². The number of amides is 1. The van der Waals surface area contributed by atoms with Crippen molar-refractivity contribution >= 4 is 11.6 Å². The summed E-state index contributed by atoms with van der Waals surface area (Å²) < 4.78 is 5.02. The molecule has 2 heterocycles. The standard InChI is InChI=1S/C11H15N3O2/c1-7-9(3-4-10(13-7)16-2)14-6-8(12)5-11(14)15/h3-4,8H,5-6,12H2,1-2H3. The normalized spacial score (nSPS) is 20.3. The summed E-state index contributed by atoms with van der Waals surface area (Å²) in [6.07, 6.45) is 0.408. The van der Waals surface area contributed by atoms with E-state index in [0.29, 0.717) is 18.8 Å². The summed E-state index contributed by atoms with van der Waals surface area (Å²) in [4.78, 5) is 17.6. The lowest BCUT2D eigenvalue weighted by Gasteiger charge is -2.18. The van der Waals surface area contributed by atoms with Gasteiger partial charge in [0, 0.05) is 25.1 Å². The molecule has 0 radical (unpaired) electrons. The van der Waals surface area contributed by atoms with Crippen molar-refractivity contribution in [2.24, 2.45) is 5.73 Å². The molecule has 0 saturated carbocycles. The predicted molar refractivity (Wildman–Crippen MR) is 60.5 cm³/mol. The van der Waals surface area contributed by atoms with E-state index in [0.717, 1.165) is 11.4 Å². The average molecular weight is 221 g/mol. The molecule has 2 rings (SSSR count). The molecule has 0 spiro atoms. The smallest absolute Gasteiger partial charge is 0.228 e. The Morgan fingerprint density at radius 3 is 2.81 bits per heavy atom. The van der Waals surface area contributed by atoms with Crippen LogP contribution in [0.2, 0.25) is 0 Å². The molecule has 0 aromatic carbocycles. The number of hydrogen-bond donors (Lipinski definition) is 1. The van der Waals surface area contributed by atoms with Crippen molar-refractivity contribution in [1.82, 2.24) is 4.98 Å². The molecule has 0 bridgehead atoms. The van der Waals surface area contributed by atoms with E-state index in [1.54, 1.807) is 18.1 Å². The van der Waals surface area contributed by atoms with Crippen molar-refractivity contribution < 1.29 is 9.53 Å². The second kappa shape index (κ2) is 4.09. The predicted octanol–water partition coefficient (Wildman–Crippen LogP) is 0.463. The third-order valence-corrected chi connectivity index (χ3v) is 2.69. The topological polar surface area (TPSA) is 68.5 Å². The summed E-state index contributed by atoms with van der Waals surface area (Å²) >= 11 is 0. The van der Waals surface area contributed by atoms with E-state index in [9.17, 15) is 4.79 Å². The minimum Gasteiger partial charge on any atom is -0.481 e.